The number of aromatic amines is 1. The summed E-state index contributed by atoms with van der Waals surface area (Å²) in [4.78, 5) is 19.7. The van der Waals surface area contributed by atoms with Gasteiger partial charge in [0.25, 0.3) is 0 Å². The molecule has 3 heterocycles. The zero-order valence-electron chi connectivity index (χ0n) is 19.2. The second-order valence-corrected chi connectivity index (χ2v) is 9.60. The first-order valence-electron chi connectivity index (χ1n) is 11.1. The Balaban J connectivity index is 1.52. The topological polar surface area (TPSA) is 79.0 Å². The van der Waals surface area contributed by atoms with Gasteiger partial charge in [-0.3, -0.25) is 5.32 Å². The Morgan fingerprint density at radius 2 is 2.00 bits per heavy atom. The Kier molecular flexibility index (Phi) is 5.63. The van der Waals surface area contributed by atoms with Crippen LogP contribution in [-0.4, -0.2) is 27.7 Å². The number of pyridine rings is 1. The standard InChI is InChI=1S/C26H23ClF2N4O2/c1-13-20-18(11-17(28)21(22(20)29)16-6-4-5-14-9-10-30-23(14)16)33-26(2,3)24(13)35-25(34)32-15-7-8-19(27)31-12-15/h4-13,24,30,33H,1-3H3,(H,32,34)/t13-,24?/m0/s1. The van der Waals surface area contributed by atoms with Crippen LogP contribution in [0.4, 0.5) is 25.0 Å². The van der Waals surface area contributed by atoms with Gasteiger partial charge in [-0.1, -0.05) is 36.7 Å². The summed E-state index contributed by atoms with van der Waals surface area (Å²) in [6.45, 7) is 5.40. The molecule has 2 atom stereocenters. The lowest BCUT2D eigenvalue weighted by Crippen LogP contribution is -2.52. The van der Waals surface area contributed by atoms with Gasteiger partial charge in [0, 0.05) is 28.9 Å². The van der Waals surface area contributed by atoms with Crippen molar-refractivity contribution in [2.24, 2.45) is 0 Å². The third-order valence-corrected chi connectivity index (χ3v) is 6.62. The number of para-hydroxylation sites is 1. The van der Waals surface area contributed by atoms with Gasteiger partial charge in [0.15, 0.2) is 0 Å². The second-order valence-electron chi connectivity index (χ2n) is 9.21. The Bertz CT molecular complexity index is 1440. The van der Waals surface area contributed by atoms with Crippen LogP contribution in [0.1, 0.15) is 32.3 Å². The van der Waals surface area contributed by atoms with E-state index in [0.29, 0.717) is 27.6 Å². The van der Waals surface area contributed by atoms with Gasteiger partial charge in [-0.15, -0.1) is 0 Å². The molecule has 0 saturated heterocycles. The average molecular weight is 497 g/mol. The number of hydrogen-bond acceptors (Lipinski definition) is 4. The highest BCUT2D eigenvalue weighted by atomic mass is 35.5. The third-order valence-electron chi connectivity index (χ3n) is 6.40. The van der Waals surface area contributed by atoms with E-state index in [2.05, 4.69) is 20.6 Å². The summed E-state index contributed by atoms with van der Waals surface area (Å²) in [7, 11) is 0. The summed E-state index contributed by atoms with van der Waals surface area (Å²) < 4.78 is 37.1. The number of rotatable bonds is 3. The molecule has 0 aliphatic carbocycles. The van der Waals surface area contributed by atoms with E-state index in [1.54, 1.807) is 31.3 Å². The Labute approximate surface area is 205 Å². The highest BCUT2D eigenvalue weighted by Gasteiger charge is 2.45. The summed E-state index contributed by atoms with van der Waals surface area (Å²) in [6.07, 6.45) is 1.66. The minimum absolute atomic E-state index is 0.124. The number of amides is 1. The fourth-order valence-corrected chi connectivity index (χ4v) is 4.99. The summed E-state index contributed by atoms with van der Waals surface area (Å²) >= 11 is 5.79. The second kappa shape index (κ2) is 8.53. The minimum Gasteiger partial charge on any atom is -0.443 e. The Morgan fingerprint density at radius 3 is 2.74 bits per heavy atom. The maximum absolute atomic E-state index is 16.1. The van der Waals surface area contributed by atoms with Gasteiger partial charge in [-0.05, 0) is 43.5 Å². The predicted molar refractivity (Wildman–Crippen MR) is 133 cm³/mol. The van der Waals surface area contributed by atoms with Crippen molar-refractivity contribution in [1.82, 2.24) is 9.97 Å². The van der Waals surface area contributed by atoms with E-state index in [1.807, 2.05) is 26.0 Å². The van der Waals surface area contributed by atoms with Crippen molar-refractivity contribution in [3.05, 3.63) is 77.2 Å². The quantitative estimate of drug-likeness (QED) is 0.265. The first-order chi connectivity index (χ1) is 16.7. The van der Waals surface area contributed by atoms with Gasteiger partial charge in [0.1, 0.15) is 22.9 Å². The molecule has 2 aromatic carbocycles. The first-order valence-corrected chi connectivity index (χ1v) is 11.5. The van der Waals surface area contributed by atoms with Gasteiger partial charge < -0.3 is 15.0 Å². The van der Waals surface area contributed by atoms with Gasteiger partial charge >= 0.3 is 6.09 Å². The molecule has 2 aromatic heterocycles. The molecule has 3 N–H and O–H groups in total. The van der Waals surface area contributed by atoms with Crippen molar-refractivity contribution in [2.75, 3.05) is 10.6 Å². The van der Waals surface area contributed by atoms with Crippen molar-refractivity contribution in [2.45, 2.75) is 38.3 Å². The van der Waals surface area contributed by atoms with E-state index >= 15 is 8.78 Å². The van der Waals surface area contributed by atoms with Crippen molar-refractivity contribution >= 4 is 40.0 Å². The average Bonchev–Trinajstić information content (AvgIpc) is 3.27. The molecule has 1 unspecified atom stereocenters. The van der Waals surface area contributed by atoms with Crippen molar-refractivity contribution in [3.8, 4) is 11.1 Å². The maximum atomic E-state index is 16.1. The SMILES string of the molecule is C[C@H]1c2c(cc(F)c(-c3cccc4cc[nH]c34)c2F)NC(C)(C)C1OC(=O)Nc1ccc(Cl)nc1. The molecule has 0 spiro atoms. The molecule has 35 heavy (non-hydrogen) atoms. The van der Waals surface area contributed by atoms with Crippen LogP contribution < -0.4 is 10.6 Å². The number of ether oxygens (including phenoxy) is 1. The number of hydrogen-bond donors (Lipinski definition) is 3. The number of carbonyl (C=O) groups is 1. The predicted octanol–water partition coefficient (Wildman–Crippen LogP) is 7.09. The van der Waals surface area contributed by atoms with E-state index in [1.165, 1.54) is 18.3 Å². The zero-order valence-corrected chi connectivity index (χ0v) is 20.0. The Morgan fingerprint density at radius 1 is 1.20 bits per heavy atom. The largest absolute Gasteiger partial charge is 0.443 e. The third kappa shape index (κ3) is 4.08. The molecular formula is C26H23ClF2N4O2. The van der Waals surface area contributed by atoms with Gasteiger partial charge in [-0.25, -0.2) is 18.6 Å². The van der Waals surface area contributed by atoms with Gasteiger partial charge in [0.05, 0.1) is 28.5 Å². The molecule has 180 valence electrons. The molecule has 9 heteroatoms. The van der Waals surface area contributed by atoms with E-state index in [-0.39, 0.29) is 11.1 Å². The maximum Gasteiger partial charge on any atom is 0.412 e. The van der Waals surface area contributed by atoms with Crippen molar-refractivity contribution in [3.63, 3.8) is 0 Å². The molecule has 1 aliphatic heterocycles. The monoisotopic (exact) mass is 496 g/mol. The number of H-pyrrole nitrogens is 1. The number of benzene rings is 2. The van der Waals surface area contributed by atoms with Crippen molar-refractivity contribution < 1.29 is 18.3 Å². The van der Waals surface area contributed by atoms with Crippen LogP contribution in [0.3, 0.4) is 0 Å². The molecule has 1 amide bonds. The number of carbonyl (C=O) groups excluding carboxylic acids is 1. The summed E-state index contributed by atoms with van der Waals surface area (Å²) in [5.74, 6) is -1.93. The van der Waals surface area contributed by atoms with Crippen LogP contribution in [0.5, 0.6) is 0 Å². The number of anilines is 2. The molecule has 4 aromatic rings. The molecule has 0 radical (unpaired) electrons. The van der Waals surface area contributed by atoms with Crippen LogP contribution >= 0.6 is 11.6 Å². The minimum atomic E-state index is -0.804. The lowest BCUT2D eigenvalue weighted by Gasteiger charge is -2.44. The Hall–Kier alpha value is -3.65. The van der Waals surface area contributed by atoms with Crippen LogP contribution in [0.25, 0.3) is 22.0 Å². The molecule has 1 aliphatic rings. The van der Waals surface area contributed by atoms with E-state index < -0.39 is 35.3 Å². The van der Waals surface area contributed by atoms with Gasteiger partial charge in [0.2, 0.25) is 0 Å². The molecule has 0 fully saturated rings. The smallest absolute Gasteiger partial charge is 0.412 e. The fourth-order valence-electron chi connectivity index (χ4n) is 4.88. The van der Waals surface area contributed by atoms with E-state index in [4.69, 9.17) is 16.3 Å². The molecule has 0 bridgehead atoms. The number of halogens is 3. The van der Waals surface area contributed by atoms with Crippen LogP contribution in [-0.2, 0) is 4.74 Å². The number of nitrogens with zero attached hydrogens (tertiary/aromatic N) is 1. The van der Waals surface area contributed by atoms with E-state index in [0.717, 1.165) is 5.39 Å². The number of nitrogens with one attached hydrogen (secondary N) is 3. The summed E-state index contributed by atoms with van der Waals surface area (Å²) in [6, 6.07) is 11.6. The van der Waals surface area contributed by atoms with Crippen molar-refractivity contribution in [1.29, 1.82) is 0 Å². The lowest BCUT2D eigenvalue weighted by atomic mass is 9.77. The number of fused-ring (bicyclic) bond motifs is 2. The molecule has 6 nitrogen and oxygen atoms in total. The molecular weight excluding hydrogens is 474 g/mol. The zero-order chi connectivity index (χ0) is 24.9. The highest BCUT2D eigenvalue weighted by molar-refractivity contribution is 6.29. The highest BCUT2D eigenvalue weighted by Crippen LogP contribution is 2.46. The van der Waals surface area contributed by atoms with Crippen LogP contribution in [0, 0.1) is 11.6 Å². The summed E-state index contributed by atoms with van der Waals surface area (Å²) in [5, 5.41) is 6.91. The molecule has 5 rings (SSSR count). The number of aromatic nitrogens is 2. The normalized spacial score (nSPS) is 18.6. The first kappa shape index (κ1) is 23.1. The summed E-state index contributed by atoms with van der Waals surface area (Å²) in [5.41, 5.74) is 1.14. The van der Waals surface area contributed by atoms with Crippen LogP contribution in [0.15, 0.2) is 54.9 Å². The fraction of sp³-hybridized carbons (Fsp3) is 0.231. The van der Waals surface area contributed by atoms with E-state index in [9.17, 15) is 4.79 Å². The lowest BCUT2D eigenvalue weighted by molar-refractivity contribution is 0.0560. The molecule has 0 saturated carbocycles. The van der Waals surface area contributed by atoms with Gasteiger partial charge in [-0.2, -0.15) is 0 Å². The van der Waals surface area contributed by atoms with Crippen LogP contribution in [0.2, 0.25) is 5.15 Å².